The molecular weight excluding hydrogens is 882 g/mol. The van der Waals surface area contributed by atoms with Crippen molar-refractivity contribution in [3.8, 4) is 0 Å². The Morgan fingerprint density at radius 2 is 0.357 bits per heavy atom. The van der Waals surface area contributed by atoms with Gasteiger partial charge in [-0.15, -0.1) is 0 Å². The smallest absolute Gasteiger partial charge is 0.0689 e. The van der Waals surface area contributed by atoms with Gasteiger partial charge in [0.05, 0.1) is 20.3 Å². The largest absolute Gasteiger partial charge is 2.00 e. The van der Waals surface area contributed by atoms with Crippen LogP contribution in [-0.4, -0.2) is 31.3 Å². The van der Waals surface area contributed by atoms with Gasteiger partial charge < -0.3 is 116 Å². The summed E-state index contributed by atoms with van der Waals surface area (Å²) in [6.07, 6.45) is 0. The molecule has 16 N–H and O–H groups in total. The van der Waals surface area contributed by atoms with Gasteiger partial charge in [0, 0.05) is 59.9 Å². The van der Waals surface area contributed by atoms with E-state index in [9.17, 15) is 0 Å². The first kappa shape index (κ1) is 157. The summed E-state index contributed by atoms with van der Waals surface area (Å²) in [6.45, 7) is 0. The average molecular weight is 898 g/mol. The molecule has 2 radical (unpaired) electrons. The first-order valence-corrected chi connectivity index (χ1v) is 2.19. The Morgan fingerprint density at radius 3 is 0.357 bits per heavy atom. The van der Waals surface area contributed by atoms with Crippen LogP contribution in [-0.2, 0) is 43.8 Å². The molecule has 0 aliphatic carbocycles. The van der Waals surface area contributed by atoms with Gasteiger partial charge in [0.1, 0.15) is 0 Å². The number of hydrogen-bond donors (Lipinski definition) is 0. The van der Waals surface area contributed by atoms with Gasteiger partial charge in [-0.05, 0) is 0 Å². The van der Waals surface area contributed by atoms with Gasteiger partial charge in [0.15, 0.2) is 0 Å². The molecule has 0 aromatic rings. The Morgan fingerprint density at radius 1 is 0.357 bits per heavy atom. The average Bonchev–Trinajstić information content (AvgIpc) is 1.76. The molecule has 0 aliphatic heterocycles. The molecule has 0 aromatic heterocycles. The molecule has 0 aliphatic rings. The van der Waals surface area contributed by atoms with Gasteiger partial charge >= 0.3 is 0 Å². The molecule has 0 fully saturated rings. The minimum absolute atomic E-state index is 0. The topological polar surface area (TPSA) is 574 Å². The van der Waals surface area contributed by atoms with Crippen molar-refractivity contribution in [1.82, 2.24) is 0 Å². The Hall–Kier alpha value is -1.57. The van der Waals surface area contributed by atoms with E-state index in [0.29, 0.717) is 0 Å². The van der Waals surface area contributed by atoms with E-state index < -0.39 is 20.3 Å². The molecule has 0 rings (SSSR count). The summed E-state index contributed by atoms with van der Waals surface area (Å²) in [7, 11) is 0. The molecule has 0 saturated carbocycles. The molecule has 186 valence electrons. The first-order chi connectivity index (χ1) is 6.93. The van der Waals surface area contributed by atoms with Crippen molar-refractivity contribution in [2.24, 2.45) is 0 Å². The van der Waals surface area contributed by atoms with Crippen molar-refractivity contribution in [1.29, 1.82) is 0 Å². The summed E-state index contributed by atoms with van der Waals surface area (Å²) in [5.74, 6) is 0. The molecule has 0 amide bonds. The molecular formula is H16N4Np2O22-8. The van der Waals surface area contributed by atoms with E-state index in [0.717, 1.165) is 0 Å². The van der Waals surface area contributed by atoms with Gasteiger partial charge in [-0.1, -0.05) is 0 Å². The molecule has 0 spiro atoms. The molecule has 28 heteroatoms. The van der Waals surface area contributed by atoms with E-state index in [1.807, 2.05) is 0 Å². The summed E-state index contributed by atoms with van der Waals surface area (Å²) in [5.41, 5.74) is 0. The summed E-state index contributed by atoms with van der Waals surface area (Å²) in [6, 6.07) is 0. The molecule has 26 nitrogen and oxygen atoms in total. The fraction of sp³-hybridized carbons (Fsp3) is 0. The SMILES string of the molecule is O.O.O=[N+]([O-])[O-].O=[N+]([O-])[O-].O=[N+]([O-])[O-].O=[N+]([O-])[O-].[Np].[Np].[O-2].[O-2].[O-2].[O-2].[OH3+].[OH3+].[OH3+].[OH3+]. The molecule has 0 saturated heterocycles. The second-order valence-corrected chi connectivity index (χ2v) is 0.894. The summed E-state index contributed by atoms with van der Waals surface area (Å²) in [4.78, 5) is 33.0. The van der Waals surface area contributed by atoms with E-state index in [1.54, 1.807) is 0 Å². The van der Waals surface area contributed by atoms with Crippen LogP contribution in [0.4, 0.5) is 0 Å². The third-order valence-corrected chi connectivity index (χ3v) is 0. The van der Waals surface area contributed by atoms with Crippen molar-refractivity contribution in [2.45, 2.75) is 0 Å². The zero-order valence-corrected chi connectivity index (χ0v) is 20.0. The van der Waals surface area contributed by atoms with Crippen LogP contribution in [0.2, 0.25) is 0 Å². The molecule has 0 bridgehead atoms. The fourth-order valence-electron chi connectivity index (χ4n) is 0. The Bertz CT molecular complexity index is 167. The van der Waals surface area contributed by atoms with Crippen molar-refractivity contribution in [3.05, 3.63) is 61.3 Å². The maximum atomic E-state index is 8.25. The van der Waals surface area contributed by atoms with Gasteiger partial charge in [-0.2, -0.15) is 0 Å². The Balaban J connectivity index is -0.00000000429. The van der Waals surface area contributed by atoms with Crippen LogP contribution in [0.3, 0.4) is 0 Å². The zero-order valence-electron chi connectivity index (χ0n) is 12.5. The van der Waals surface area contributed by atoms with Crippen LogP contribution in [0.1, 0.15) is 0 Å². The van der Waals surface area contributed by atoms with Crippen molar-refractivity contribution in [2.75, 3.05) is 0 Å². The molecule has 0 heterocycles. The predicted molar refractivity (Wildman–Crippen MR) is 70.9 cm³/mol. The molecule has 0 aromatic carbocycles. The fourth-order valence-corrected chi connectivity index (χ4v) is 0. The maximum Gasteiger partial charge on any atom is 0.0689 e. The first-order valence-electron chi connectivity index (χ1n) is 2.19. The Labute approximate surface area is 195 Å². The monoisotopic (exact) mass is 896 g/mol. The number of rotatable bonds is 0. The second kappa shape index (κ2) is 140. The third-order valence-electron chi connectivity index (χ3n) is 0. The van der Waals surface area contributed by atoms with Gasteiger partial charge in [0.2, 0.25) is 0 Å². The Kier molecular flexibility index (Phi) is 783. The number of nitrogens with zero attached hydrogens (tertiary/aromatic N) is 4. The van der Waals surface area contributed by atoms with Crippen LogP contribution in [0.5, 0.6) is 0 Å². The van der Waals surface area contributed by atoms with Crippen LogP contribution >= 0.6 is 0 Å². The van der Waals surface area contributed by atoms with Crippen LogP contribution in [0.25, 0.3) is 0 Å². The number of hydrogen-bond acceptors (Lipinski definition) is 12. The maximum absolute atomic E-state index is 8.25. The van der Waals surface area contributed by atoms with E-state index in [2.05, 4.69) is 0 Å². The van der Waals surface area contributed by atoms with Gasteiger partial charge in [0.25, 0.3) is 0 Å². The van der Waals surface area contributed by atoms with E-state index in [4.69, 9.17) is 61.3 Å². The van der Waals surface area contributed by atoms with Crippen molar-refractivity contribution >= 4 is 0 Å². The summed E-state index contributed by atoms with van der Waals surface area (Å²) >= 11 is 0. The third kappa shape index (κ3) is 5410. The predicted octanol–water partition coefficient (Wildman–Crippen LogP) is -6.77. The minimum atomic E-state index is -1.75. The van der Waals surface area contributed by atoms with E-state index >= 15 is 0 Å². The van der Waals surface area contributed by atoms with Crippen LogP contribution < -0.4 is 0 Å². The van der Waals surface area contributed by atoms with Gasteiger partial charge in [-0.25, -0.2) is 0 Å². The quantitative estimate of drug-likeness (QED) is 0.124. The molecule has 0 atom stereocenters. The minimum Gasteiger partial charge on any atom is -2.00 e. The van der Waals surface area contributed by atoms with Gasteiger partial charge in [-0.3, -0.25) is 0 Å². The van der Waals surface area contributed by atoms with Crippen LogP contribution in [0.15, 0.2) is 0 Å². The summed E-state index contributed by atoms with van der Waals surface area (Å²) < 4.78 is 0. The normalized spacial score (nSPS) is 3.43. The van der Waals surface area contributed by atoms with E-state index in [-0.39, 0.29) is 115 Å². The van der Waals surface area contributed by atoms with Crippen molar-refractivity contribution in [3.63, 3.8) is 0 Å². The summed E-state index contributed by atoms with van der Waals surface area (Å²) in [5, 5.41) is 59.0. The second-order valence-electron chi connectivity index (χ2n) is 0.894. The van der Waals surface area contributed by atoms with E-state index in [1.165, 1.54) is 0 Å². The zero-order chi connectivity index (χ0) is 14.3. The standard InChI is InChI=1S/4NO3.2Np.6H2O.4O/c4*2-1(3)4;;;;;;;;;;;;/h;;;;;;6*1H2;;;;/q4*-1;;;;;;;;;4*-2/p+4. The van der Waals surface area contributed by atoms with Crippen LogP contribution in [0, 0.1) is 121 Å². The molecule has 28 heavy (non-hydrogen) atoms. The molecule has 0 unspecified atom stereocenters. The van der Waals surface area contributed by atoms with Crippen molar-refractivity contribution < 1.29 is 135 Å².